The van der Waals surface area contributed by atoms with E-state index in [1.165, 1.54) is 4.90 Å². The second kappa shape index (κ2) is 11.4. The number of hydrogen-bond acceptors (Lipinski definition) is 6. The zero-order chi connectivity index (χ0) is 30.2. The van der Waals surface area contributed by atoms with Crippen molar-refractivity contribution < 1.29 is 18.8 Å². The quantitative estimate of drug-likeness (QED) is 0.310. The highest BCUT2D eigenvalue weighted by Crippen LogP contribution is 2.29. The van der Waals surface area contributed by atoms with Crippen molar-refractivity contribution in [3.63, 3.8) is 0 Å². The third-order valence-corrected chi connectivity index (χ3v) is 8.03. The van der Waals surface area contributed by atoms with Crippen molar-refractivity contribution in [2.45, 2.75) is 58.3 Å². The van der Waals surface area contributed by atoms with Crippen LogP contribution in [-0.2, 0) is 22.6 Å². The molecule has 0 radical (unpaired) electrons. The van der Waals surface area contributed by atoms with Gasteiger partial charge in [-0.3, -0.25) is 19.4 Å². The number of ketones is 1. The highest BCUT2D eigenvalue weighted by molar-refractivity contribution is 6.07. The molecule has 0 aliphatic carbocycles. The fourth-order valence-corrected chi connectivity index (χ4v) is 5.89. The summed E-state index contributed by atoms with van der Waals surface area (Å²) in [5, 5.41) is 5.02. The van der Waals surface area contributed by atoms with Crippen LogP contribution in [0, 0.1) is 13.8 Å². The minimum Gasteiger partial charge on any atom is -0.366 e. The predicted molar refractivity (Wildman–Crippen MR) is 159 cm³/mol. The van der Waals surface area contributed by atoms with E-state index in [9.17, 15) is 18.8 Å². The number of alkyl halides is 1. The van der Waals surface area contributed by atoms with E-state index >= 15 is 0 Å². The van der Waals surface area contributed by atoms with Gasteiger partial charge in [0.2, 0.25) is 5.91 Å². The van der Waals surface area contributed by atoms with E-state index < -0.39 is 18.1 Å². The first-order chi connectivity index (χ1) is 20.7. The molecule has 1 aliphatic rings. The summed E-state index contributed by atoms with van der Waals surface area (Å²) in [7, 11) is 0. The number of rotatable bonds is 7. The zero-order valence-electron chi connectivity index (χ0n) is 24.0. The fourth-order valence-electron chi connectivity index (χ4n) is 5.89. The van der Waals surface area contributed by atoms with Crippen molar-refractivity contribution in [2.24, 2.45) is 5.73 Å². The summed E-state index contributed by atoms with van der Waals surface area (Å²) in [6, 6.07) is 12.1. The number of halogens is 1. The molecule has 0 spiro atoms. The normalized spacial score (nSPS) is 17.3. The van der Waals surface area contributed by atoms with E-state index in [4.69, 9.17) is 5.73 Å². The van der Waals surface area contributed by atoms with Crippen LogP contribution >= 0.6 is 0 Å². The maximum atomic E-state index is 14.5. The molecular formula is C32H32FN7O3. The lowest BCUT2D eigenvalue weighted by Crippen LogP contribution is -2.46. The van der Waals surface area contributed by atoms with Crippen molar-refractivity contribution in [1.29, 1.82) is 0 Å². The lowest BCUT2D eigenvalue weighted by Gasteiger charge is -2.29. The monoisotopic (exact) mass is 581 g/mol. The maximum Gasteiger partial charge on any atom is 0.250 e. The van der Waals surface area contributed by atoms with Gasteiger partial charge >= 0.3 is 0 Å². The van der Waals surface area contributed by atoms with Gasteiger partial charge < -0.3 is 15.2 Å². The molecule has 2 atom stereocenters. The number of aryl methyl sites for hydroxylation is 2. The van der Waals surface area contributed by atoms with Crippen molar-refractivity contribution in [1.82, 2.24) is 29.0 Å². The molecule has 11 heteroatoms. The van der Waals surface area contributed by atoms with Crippen molar-refractivity contribution in [2.75, 3.05) is 6.54 Å². The average molecular weight is 582 g/mol. The van der Waals surface area contributed by atoms with Gasteiger partial charge in [-0.1, -0.05) is 12.1 Å². The summed E-state index contributed by atoms with van der Waals surface area (Å²) in [4.78, 5) is 50.0. The minimum atomic E-state index is -1.09. The Labute approximate surface area is 247 Å². The number of carbonyl (C=O) groups is 3. The van der Waals surface area contributed by atoms with E-state index in [1.54, 1.807) is 27.5 Å². The molecule has 1 unspecified atom stereocenters. The minimum absolute atomic E-state index is 0.0624. The van der Waals surface area contributed by atoms with E-state index in [1.807, 2.05) is 56.4 Å². The Bertz CT molecular complexity index is 1880. The molecule has 5 heterocycles. The van der Waals surface area contributed by atoms with E-state index in [0.29, 0.717) is 16.6 Å². The Kier molecular flexibility index (Phi) is 7.47. The van der Waals surface area contributed by atoms with Crippen LogP contribution in [0.25, 0.3) is 27.7 Å². The van der Waals surface area contributed by atoms with Crippen LogP contribution < -0.4 is 5.73 Å². The number of nitrogens with two attached hydrogens (primary N) is 1. The topological polar surface area (TPSA) is 128 Å². The summed E-state index contributed by atoms with van der Waals surface area (Å²) in [5.74, 6) is -1.12. The van der Waals surface area contributed by atoms with E-state index in [-0.39, 0.29) is 56.0 Å². The first kappa shape index (κ1) is 28.2. The van der Waals surface area contributed by atoms with Crippen LogP contribution in [0.3, 0.4) is 0 Å². The number of primary amides is 1. The van der Waals surface area contributed by atoms with Crippen LogP contribution in [0.2, 0.25) is 0 Å². The summed E-state index contributed by atoms with van der Waals surface area (Å²) >= 11 is 0. The van der Waals surface area contributed by atoms with Gasteiger partial charge in [0.05, 0.1) is 23.7 Å². The standard InChI is InChI=1S/C32H32FN7O3/c1-19-4-3-5-24(36-19)14-29(41)28-9-7-23(33)10-11-39(28)31(42)18-38-17-26(32(34)43)25-13-21(6-8-27(25)38)22-15-35-30-12-20(2)37-40(30)16-22/h3-6,8,12-13,15-17,23,28H,7,9-11,14,18H2,1-2H3,(H2,34,43)/t23?,28-/m0/s1. The Hall–Kier alpha value is -4.93. The number of fused-ring (bicyclic) bond motifs is 2. The molecule has 5 aromatic rings. The molecule has 1 fully saturated rings. The van der Waals surface area contributed by atoms with Crippen LogP contribution in [-0.4, -0.2) is 65.4 Å². The number of nitrogens with zero attached hydrogens (tertiary/aromatic N) is 6. The van der Waals surface area contributed by atoms with Gasteiger partial charge in [0, 0.05) is 59.1 Å². The molecule has 6 rings (SSSR count). The second-order valence-corrected chi connectivity index (χ2v) is 11.2. The largest absolute Gasteiger partial charge is 0.366 e. The lowest BCUT2D eigenvalue weighted by molar-refractivity contribution is -0.139. The second-order valence-electron chi connectivity index (χ2n) is 11.2. The van der Waals surface area contributed by atoms with Gasteiger partial charge in [-0.25, -0.2) is 13.9 Å². The number of amides is 2. The summed E-state index contributed by atoms with van der Waals surface area (Å²) in [5.41, 5.74) is 11.2. The first-order valence-corrected chi connectivity index (χ1v) is 14.3. The van der Waals surface area contributed by atoms with Crippen LogP contribution in [0.1, 0.15) is 46.7 Å². The van der Waals surface area contributed by atoms with E-state index in [2.05, 4.69) is 15.1 Å². The third kappa shape index (κ3) is 5.75. The lowest BCUT2D eigenvalue weighted by atomic mass is 10.0. The molecule has 43 heavy (non-hydrogen) atoms. The summed E-state index contributed by atoms with van der Waals surface area (Å²) < 4.78 is 17.8. The SMILES string of the molecule is Cc1cccc(CC(=O)[C@@H]2CCC(F)CCN2C(=O)Cn2cc(C(N)=O)c3cc(-c4cnc5cc(C)nn5c4)ccc32)n1. The molecule has 2 N–H and O–H groups in total. The fraction of sp³-hybridized carbons (Fsp3) is 0.312. The first-order valence-electron chi connectivity index (χ1n) is 14.3. The molecule has 1 aromatic carbocycles. The third-order valence-electron chi connectivity index (χ3n) is 8.03. The Morgan fingerprint density at radius 2 is 1.84 bits per heavy atom. The number of aromatic nitrogens is 5. The molecule has 2 amide bonds. The number of benzene rings is 1. The number of carbonyl (C=O) groups excluding carboxylic acids is 3. The maximum absolute atomic E-state index is 14.5. The van der Waals surface area contributed by atoms with Gasteiger partial charge in [0.1, 0.15) is 12.7 Å². The molecule has 0 saturated carbocycles. The Balaban J connectivity index is 1.30. The smallest absolute Gasteiger partial charge is 0.250 e. The van der Waals surface area contributed by atoms with Gasteiger partial charge in [-0.15, -0.1) is 0 Å². The highest BCUT2D eigenvalue weighted by Gasteiger charge is 2.33. The van der Waals surface area contributed by atoms with Gasteiger partial charge in [0.25, 0.3) is 5.91 Å². The van der Waals surface area contributed by atoms with E-state index in [0.717, 1.165) is 28.2 Å². The number of pyridine rings is 1. The van der Waals surface area contributed by atoms with Gasteiger partial charge in [0.15, 0.2) is 11.4 Å². The molecule has 220 valence electrons. The van der Waals surface area contributed by atoms with Crippen molar-refractivity contribution >= 4 is 34.1 Å². The predicted octanol–water partition coefficient (Wildman–Crippen LogP) is 3.99. The molecule has 1 saturated heterocycles. The van der Waals surface area contributed by atoms with Crippen LogP contribution in [0.5, 0.6) is 0 Å². The van der Waals surface area contributed by atoms with Crippen molar-refractivity contribution in [3.8, 4) is 11.1 Å². The summed E-state index contributed by atoms with van der Waals surface area (Å²) in [6.45, 7) is 3.74. The Morgan fingerprint density at radius 1 is 1.00 bits per heavy atom. The van der Waals surface area contributed by atoms with Crippen LogP contribution in [0.15, 0.2) is 61.1 Å². The number of Topliss-reactive ketones (excluding diaryl/α,β-unsaturated/α-hetero) is 1. The average Bonchev–Trinajstić information content (AvgIpc) is 3.45. The van der Waals surface area contributed by atoms with Crippen LogP contribution in [0.4, 0.5) is 4.39 Å². The van der Waals surface area contributed by atoms with Gasteiger partial charge in [-0.05, 0) is 62.9 Å². The molecule has 10 nitrogen and oxygen atoms in total. The Morgan fingerprint density at radius 3 is 2.63 bits per heavy atom. The highest BCUT2D eigenvalue weighted by atomic mass is 19.1. The van der Waals surface area contributed by atoms with Crippen molar-refractivity contribution in [3.05, 3.63) is 83.7 Å². The molecular weight excluding hydrogens is 549 g/mol. The summed E-state index contributed by atoms with van der Waals surface area (Å²) in [6.07, 6.45) is 4.76. The number of likely N-dealkylation sites (tertiary alicyclic amines) is 1. The molecule has 0 bridgehead atoms. The zero-order valence-corrected chi connectivity index (χ0v) is 24.0. The molecule has 1 aliphatic heterocycles. The van der Waals surface area contributed by atoms with Gasteiger partial charge in [-0.2, -0.15) is 5.10 Å². The number of hydrogen-bond donors (Lipinski definition) is 1. The molecule has 4 aromatic heterocycles.